The summed E-state index contributed by atoms with van der Waals surface area (Å²) in [6, 6.07) is 5.59. The van der Waals surface area contributed by atoms with E-state index in [0.29, 0.717) is 13.0 Å². The minimum Gasteiger partial charge on any atom is -0.346 e. The largest absolute Gasteiger partial charge is 0.346 e. The molecule has 1 aliphatic heterocycles. The van der Waals surface area contributed by atoms with Crippen LogP contribution in [0.2, 0.25) is 0 Å². The lowest BCUT2D eigenvalue weighted by atomic mass is 10.0. The van der Waals surface area contributed by atoms with Crippen molar-refractivity contribution in [3.05, 3.63) is 30.1 Å². The number of likely N-dealkylation sites (N-methyl/N-ethyl adjacent to an activating group) is 1. The molecule has 0 unspecified atom stereocenters. The number of amides is 2. The molecule has 1 fully saturated rings. The summed E-state index contributed by atoms with van der Waals surface area (Å²) in [6.07, 6.45) is 5.47. The number of piperidine rings is 1. The number of carbonyl (C=O) groups is 2. The Morgan fingerprint density at radius 3 is 2.95 bits per heavy atom. The topological polar surface area (TPSA) is 74.3 Å². The van der Waals surface area contributed by atoms with Crippen LogP contribution in [0.1, 0.15) is 25.0 Å². The normalized spacial score (nSPS) is 17.8. The van der Waals surface area contributed by atoms with Crippen molar-refractivity contribution < 1.29 is 9.59 Å². The zero-order valence-corrected chi connectivity index (χ0v) is 13.0. The van der Waals surface area contributed by atoms with E-state index in [0.717, 1.165) is 31.5 Å². The van der Waals surface area contributed by atoms with Crippen LogP contribution in [0.15, 0.2) is 24.4 Å². The van der Waals surface area contributed by atoms with E-state index in [2.05, 4.69) is 15.6 Å². The molecule has 0 radical (unpaired) electrons. The summed E-state index contributed by atoms with van der Waals surface area (Å²) >= 11 is 0. The molecule has 6 nitrogen and oxygen atoms in total. The second kappa shape index (κ2) is 8.48. The summed E-state index contributed by atoms with van der Waals surface area (Å²) in [4.78, 5) is 29.8. The molecule has 0 bridgehead atoms. The summed E-state index contributed by atoms with van der Waals surface area (Å²) in [5, 5.41) is 5.90. The third-order valence-corrected chi connectivity index (χ3v) is 3.90. The molecule has 0 saturated carbocycles. The molecule has 1 aromatic rings. The molecule has 22 heavy (non-hydrogen) atoms. The van der Waals surface area contributed by atoms with E-state index in [1.54, 1.807) is 18.1 Å². The van der Waals surface area contributed by atoms with Crippen molar-refractivity contribution in [3.63, 3.8) is 0 Å². The first kappa shape index (κ1) is 16.4. The minimum absolute atomic E-state index is 0.0513. The second-order valence-corrected chi connectivity index (χ2v) is 5.61. The smallest absolute Gasteiger partial charge is 0.241 e. The Bertz CT molecular complexity index is 486. The van der Waals surface area contributed by atoms with Gasteiger partial charge in [0.1, 0.15) is 0 Å². The quantitative estimate of drug-likeness (QED) is 0.795. The van der Waals surface area contributed by atoms with Gasteiger partial charge in [0.25, 0.3) is 0 Å². The number of rotatable bonds is 6. The predicted octanol–water partition coefficient (Wildman–Crippen LogP) is 0.341. The average Bonchev–Trinajstić information content (AvgIpc) is 2.58. The third-order valence-electron chi connectivity index (χ3n) is 3.90. The molecule has 120 valence electrons. The van der Waals surface area contributed by atoms with Crippen LogP contribution in [0.4, 0.5) is 0 Å². The zero-order chi connectivity index (χ0) is 15.8. The number of nitrogens with one attached hydrogen (secondary N) is 2. The van der Waals surface area contributed by atoms with E-state index in [9.17, 15) is 9.59 Å². The molecule has 2 amide bonds. The van der Waals surface area contributed by atoms with Crippen molar-refractivity contribution in [1.29, 1.82) is 0 Å². The maximum absolute atomic E-state index is 12.0. The molecule has 1 atom stereocenters. The van der Waals surface area contributed by atoms with E-state index in [-0.39, 0.29) is 24.4 Å². The molecule has 2 rings (SSSR count). The second-order valence-electron chi connectivity index (χ2n) is 5.61. The average molecular weight is 304 g/mol. The van der Waals surface area contributed by atoms with Crippen LogP contribution in [-0.4, -0.2) is 54.4 Å². The highest BCUT2D eigenvalue weighted by Crippen LogP contribution is 2.06. The van der Waals surface area contributed by atoms with E-state index >= 15 is 0 Å². The van der Waals surface area contributed by atoms with E-state index in [1.165, 1.54) is 0 Å². The van der Waals surface area contributed by atoms with Crippen LogP contribution in [0.5, 0.6) is 0 Å². The molecule has 2 heterocycles. The maximum atomic E-state index is 12.0. The summed E-state index contributed by atoms with van der Waals surface area (Å²) in [5.74, 6) is -0.161. The Hall–Kier alpha value is -1.95. The lowest BCUT2D eigenvalue weighted by molar-refractivity contribution is -0.132. The fourth-order valence-electron chi connectivity index (χ4n) is 2.45. The predicted molar refractivity (Wildman–Crippen MR) is 84.2 cm³/mol. The van der Waals surface area contributed by atoms with Gasteiger partial charge >= 0.3 is 0 Å². The SMILES string of the molecule is CN(CCc1ccccn1)C(=O)CNC(=O)[C@H]1CCCCN1. The number of carbonyl (C=O) groups excluding carboxylic acids is 2. The van der Waals surface area contributed by atoms with E-state index < -0.39 is 0 Å². The molecule has 0 aromatic carbocycles. The van der Waals surface area contributed by atoms with Crippen molar-refractivity contribution in [2.45, 2.75) is 31.7 Å². The first-order valence-electron chi connectivity index (χ1n) is 7.82. The number of hydrogen-bond donors (Lipinski definition) is 2. The van der Waals surface area contributed by atoms with Crippen LogP contribution < -0.4 is 10.6 Å². The van der Waals surface area contributed by atoms with E-state index in [4.69, 9.17) is 0 Å². The Labute approximate surface area is 131 Å². The van der Waals surface area contributed by atoms with Gasteiger partial charge in [-0.15, -0.1) is 0 Å². The van der Waals surface area contributed by atoms with Crippen molar-refractivity contribution in [2.75, 3.05) is 26.7 Å². The summed E-state index contributed by atoms with van der Waals surface area (Å²) in [5.41, 5.74) is 0.956. The zero-order valence-electron chi connectivity index (χ0n) is 13.0. The highest BCUT2D eigenvalue weighted by Gasteiger charge is 2.21. The van der Waals surface area contributed by atoms with Crippen LogP contribution >= 0.6 is 0 Å². The molecule has 2 N–H and O–H groups in total. The van der Waals surface area contributed by atoms with Crippen molar-refractivity contribution in [1.82, 2.24) is 20.5 Å². The first-order chi connectivity index (χ1) is 10.7. The highest BCUT2D eigenvalue weighted by molar-refractivity contribution is 5.87. The van der Waals surface area contributed by atoms with E-state index in [1.807, 2.05) is 18.2 Å². The van der Waals surface area contributed by atoms with Gasteiger partial charge in [0.15, 0.2) is 0 Å². The lowest BCUT2D eigenvalue weighted by Gasteiger charge is -2.23. The van der Waals surface area contributed by atoms with Gasteiger partial charge in [0, 0.05) is 31.9 Å². The minimum atomic E-state index is -0.152. The molecule has 6 heteroatoms. The van der Waals surface area contributed by atoms with Gasteiger partial charge in [-0.25, -0.2) is 0 Å². The number of hydrogen-bond acceptors (Lipinski definition) is 4. The van der Waals surface area contributed by atoms with Crippen LogP contribution in [-0.2, 0) is 16.0 Å². The summed E-state index contributed by atoms with van der Waals surface area (Å²) < 4.78 is 0. The van der Waals surface area contributed by atoms with Crippen LogP contribution in [0.25, 0.3) is 0 Å². The number of nitrogens with zero attached hydrogens (tertiary/aromatic N) is 2. The summed E-state index contributed by atoms with van der Waals surface area (Å²) in [6.45, 7) is 1.51. The van der Waals surface area contributed by atoms with Crippen LogP contribution in [0.3, 0.4) is 0 Å². The Morgan fingerprint density at radius 1 is 1.41 bits per heavy atom. The lowest BCUT2D eigenvalue weighted by Crippen LogP contribution is -2.49. The molecule has 1 aliphatic rings. The van der Waals surface area contributed by atoms with Crippen LogP contribution in [0, 0.1) is 0 Å². The van der Waals surface area contributed by atoms with Gasteiger partial charge in [-0.2, -0.15) is 0 Å². The van der Waals surface area contributed by atoms with Gasteiger partial charge in [0.2, 0.25) is 11.8 Å². The van der Waals surface area contributed by atoms with Gasteiger partial charge < -0.3 is 15.5 Å². The molecule has 1 saturated heterocycles. The van der Waals surface area contributed by atoms with Gasteiger partial charge in [-0.1, -0.05) is 12.5 Å². The molecular formula is C16H24N4O2. The third kappa shape index (κ3) is 5.11. The Balaban J connectivity index is 1.68. The fourth-order valence-corrected chi connectivity index (χ4v) is 2.45. The van der Waals surface area contributed by atoms with Crippen molar-refractivity contribution in [2.24, 2.45) is 0 Å². The molecular weight excluding hydrogens is 280 g/mol. The van der Waals surface area contributed by atoms with Gasteiger partial charge in [-0.05, 0) is 31.5 Å². The molecule has 0 spiro atoms. The number of aromatic nitrogens is 1. The van der Waals surface area contributed by atoms with Crippen molar-refractivity contribution in [3.8, 4) is 0 Å². The Morgan fingerprint density at radius 2 is 2.27 bits per heavy atom. The summed E-state index contributed by atoms with van der Waals surface area (Å²) in [7, 11) is 1.75. The number of pyridine rings is 1. The highest BCUT2D eigenvalue weighted by atomic mass is 16.2. The molecule has 0 aliphatic carbocycles. The fraction of sp³-hybridized carbons (Fsp3) is 0.562. The monoisotopic (exact) mass is 304 g/mol. The first-order valence-corrected chi connectivity index (χ1v) is 7.82. The van der Waals surface area contributed by atoms with Gasteiger partial charge in [-0.3, -0.25) is 14.6 Å². The Kier molecular flexibility index (Phi) is 6.33. The maximum Gasteiger partial charge on any atom is 0.241 e. The van der Waals surface area contributed by atoms with Crippen molar-refractivity contribution >= 4 is 11.8 Å². The standard InChI is InChI=1S/C16H24N4O2/c1-20(11-8-13-6-2-4-9-17-13)15(21)12-19-16(22)14-7-3-5-10-18-14/h2,4,6,9,14,18H,3,5,7-8,10-12H2,1H3,(H,19,22)/t14-/m1/s1. The molecule has 1 aromatic heterocycles. The van der Waals surface area contributed by atoms with Gasteiger partial charge in [0.05, 0.1) is 12.6 Å².